The van der Waals surface area contributed by atoms with Gasteiger partial charge in [0.05, 0.1) is 0 Å². The highest BCUT2D eigenvalue weighted by atomic mass is 35.5. The summed E-state index contributed by atoms with van der Waals surface area (Å²) >= 11 is 5.94. The maximum atomic E-state index is 5.94. The van der Waals surface area contributed by atoms with E-state index < -0.39 is 0 Å². The van der Waals surface area contributed by atoms with Crippen LogP contribution < -0.4 is 5.32 Å². The molecule has 1 heterocycles. The molecule has 0 bridgehead atoms. The van der Waals surface area contributed by atoms with Gasteiger partial charge in [-0.25, -0.2) is 9.97 Å². The molecular formula is C11H16ClN3. The van der Waals surface area contributed by atoms with Crippen molar-refractivity contribution in [2.24, 2.45) is 5.92 Å². The van der Waals surface area contributed by atoms with E-state index in [9.17, 15) is 0 Å². The molecule has 1 saturated carbocycles. The maximum absolute atomic E-state index is 5.94. The van der Waals surface area contributed by atoms with Gasteiger partial charge in [-0.1, -0.05) is 31.4 Å². The number of hydrogen-bond donors (Lipinski definition) is 1. The van der Waals surface area contributed by atoms with Crippen molar-refractivity contribution < 1.29 is 0 Å². The Morgan fingerprint density at radius 2 is 2.13 bits per heavy atom. The number of rotatable bonds is 2. The summed E-state index contributed by atoms with van der Waals surface area (Å²) in [6.07, 6.45) is 8.31. The van der Waals surface area contributed by atoms with E-state index in [0.717, 1.165) is 11.7 Å². The summed E-state index contributed by atoms with van der Waals surface area (Å²) in [4.78, 5) is 8.20. The highest BCUT2D eigenvalue weighted by Crippen LogP contribution is 2.27. The second kappa shape index (κ2) is 4.79. The molecule has 15 heavy (non-hydrogen) atoms. The topological polar surface area (TPSA) is 37.8 Å². The van der Waals surface area contributed by atoms with E-state index >= 15 is 0 Å². The van der Waals surface area contributed by atoms with Gasteiger partial charge >= 0.3 is 0 Å². The lowest BCUT2D eigenvalue weighted by atomic mass is 9.87. The van der Waals surface area contributed by atoms with Gasteiger partial charge in [-0.15, -0.1) is 0 Å². The first kappa shape index (κ1) is 10.7. The Labute approximate surface area is 95.3 Å². The zero-order valence-corrected chi connectivity index (χ0v) is 9.67. The van der Waals surface area contributed by atoms with Crippen LogP contribution in [-0.2, 0) is 0 Å². The summed E-state index contributed by atoms with van der Waals surface area (Å²) in [5.74, 6) is 1.52. The average Bonchev–Trinajstić information content (AvgIpc) is 2.22. The van der Waals surface area contributed by atoms with E-state index in [1.165, 1.54) is 25.7 Å². The molecule has 0 spiro atoms. The van der Waals surface area contributed by atoms with Crippen LogP contribution in [0.2, 0.25) is 5.15 Å². The molecule has 2 atom stereocenters. The minimum Gasteiger partial charge on any atom is -0.365 e. The molecule has 4 heteroatoms. The summed E-state index contributed by atoms with van der Waals surface area (Å²) in [5, 5.41) is 3.84. The van der Waals surface area contributed by atoms with Crippen molar-refractivity contribution in [2.75, 3.05) is 5.32 Å². The van der Waals surface area contributed by atoms with Gasteiger partial charge < -0.3 is 5.32 Å². The third-order valence-corrected chi connectivity index (χ3v) is 3.21. The summed E-state index contributed by atoms with van der Waals surface area (Å²) in [6.45, 7) is 2.30. The van der Waals surface area contributed by atoms with E-state index in [1.807, 2.05) is 0 Å². The number of aromatic nitrogens is 2. The number of anilines is 1. The molecule has 1 N–H and O–H groups in total. The number of hydrogen-bond acceptors (Lipinski definition) is 3. The molecule has 0 aliphatic heterocycles. The van der Waals surface area contributed by atoms with Gasteiger partial charge in [0, 0.05) is 18.4 Å². The summed E-state index contributed by atoms with van der Waals surface area (Å²) in [5.41, 5.74) is 0. The molecule has 0 radical (unpaired) electrons. The molecule has 2 unspecified atom stereocenters. The number of nitrogens with zero attached hydrogens (tertiary/aromatic N) is 2. The molecule has 2 rings (SSSR count). The first-order valence-electron chi connectivity index (χ1n) is 5.48. The minimum atomic E-state index is 0.468. The Morgan fingerprint density at radius 3 is 2.87 bits per heavy atom. The zero-order valence-electron chi connectivity index (χ0n) is 8.91. The SMILES string of the molecule is CC1CCCC(Nc2nccnc2Cl)C1. The van der Waals surface area contributed by atoms with Gasteiger partial charge in [-0.2, -0.15) is 0 Å². The van der Waals surface area contributed by atoms with Crippen LogP contribution in [0, 0.1) is 5.92 Å². The Bertz CT molecular complexity index is 329. The minimum absolute atomic E-state index is 0.468. The van der Waals surface area contributed by atoms with Crippen molar-refractivity contribution in [1.82, 2.24) is 9.97 Å². The quantitative estimate of drug-likeness (QED) is 0.841. The molecule has 1 fully saturated rings. The van der Waals surface area contributed by atoms with Gasteiger partial charge in [0.15, 0.2) is 11.0 Å². The van der Waals surface area contributed by atoms with Gasteiger partial charge in [0.2, 0.25) is 0 Å². The third-order valence-electron chi connectivity index (χ3n) is 2.93. The Kier molecular flexibility index (Phi) is 3.41. The van der Waals surface area contributed by atoms with Crippen LogP contribution in [0.15, 0.2) is 12.4 Å². The van der Waals surface area contributed by atoms with Gasteiger partial charge in [-0.05, 0) is 18.8 Å². The third kappa shape index (κ3) is 2.81. The van der Waals surface area contributed by atoms with Crippen molar-refractivity contribution in [3.05, 3.63) is 17.5 Å². The first-order chi connectivity index (χ1) is 7.25. The van der Waals surface area contributed by atoms with Crippen molar-refractivity contribution in [1.29, 1.82) is 0 Å². The fourth-order valence-corrected chi connectivity index (χ4v) is 2.34. The smallest absolute Gasteiger partial charge is 0.171 e. The van der Waals surface area contributed by atoms with Crippen LogP contribution in [0.3, 0.4) is 0 Å². The van der Waals surface area contributed by atoms with Crippen LogP contribution in [0.25, 0.3) is 0 Å². The molecule has 0 aromatic carbocycles. The lowest BCUT2D eigenvalue weighted by Gasteiger charge is -2.27. The first-order valence-corrected chi connectivity index (χ1v) is 5.86. The molecular weight excluding hydrogens is 210 g/mol. The fourth-order valence-electron chi connectivity index (χ4n) is 2.18. The summed E-state index contributed by atoms with van der Waals surface area (Å²) in [6, 6.07) is 0.503. The molecule has 3 nitrogen and oxygen atoms in total. The number of halogens is 1. The standard InChI is InChI=1S/C11H16ClN3/c1-8-3-2-4-9(7-8)15-11-10(12)13-5-6-14-11/h5-6,8-9H,2-4,7H2,1H3,(H,14,15). The predicted molar refractivity (Wildman–Crippen MR) is 62.1 cm³/mol. The lowest BCUT2D eigenvalue weighted by Crippen LogP contribution is -2.26. The average molecular weight is 226 g/mol. The number of nitrogens with one attached hydrogen (secondary N) is 1. The van der Waals surface area contributed by atoms with E-state index in [0.29, 0.717) is 11.2 Å². The van der Waals surface area contributed by atoms with Crippen LogP contribution in [0.5, 0.6) is 0 Å². The van der Waals surface area contributed by atoms with Crippen LogP contribution in [-0.4, -0.2) is 16.0 Å². The monoisotopic (exact) mass is 225 g/mol. The molecule has 0 saturated heterocycles. The zero-order chi connectivity index (χ0) is 10.7. The van der Waals surface area contributed by atoms with Crippen molar-refractivity contribution in [3.63, 3.8) is 0 Å². The van der Waals surface area contributed by atoms with Gasteiger partial charge in [-0.3, -0.25) is 0 Å². The Hall–Kier alpha value is -0.830. The lowest BCUT2D eigenvalue weighted by molar-refractivity contribution is 0.358. The van der Waals surface area contributed by atoms with E-state index in [1.54, 1.807) is 12.4 Å². The highest BCUT2D eigenvalue weighted by molar-refractivity contribution is 6.31. The van der Waals surface area contributed by atoms with Crippen molar-refractivity contribution in [2.45, 2.75) is 38.6 Å². The van der Waals surface area contributed by atoms with Crippen LogP contribution in [0.1, 0.15) is 32.6 Å². The van der Waals surface area contributed by atoms with Crippen LogP contribution >= 0.6 is 11.6 Å². The van der Waals surface area contributed by atoms with Crippen molar-refractivity contribution in [3.8, 4) is 0 Å². The largest absolute Gasteiger partial charge is 0.365 e. The summed E-state index contributed by atoms with van der Waals surface area (Å²) < 4.78 is 0. The highest BCUT2D eigenvalue weighted by Gasteiger charge is 2.19. The normalized spacial score (nSPS) is 26.3. The molecule has 0 amide bonds. The second-order valence-electron chi connectivity index (χ2n) is 4.31. The maximum Gasteiger partial charge on any atom is 0.171 e. The van der Waals surface area contributed by atoms with E-state index in [2.05, 4.69) is 22.2 Å². The predicted octanol–water partition coefficient (Wildman–Crippen LogP) is 3.12. The molecule has 1 aliphatic rings. The summed E-state index contributed by atoms with van der Waals surface area (Å²) in [7, 11) is 0. The second-order valence-corrected chi connectivity index (χ2v) is 4.67. The van der Waals surface area contributed by atoms with E-state index in [-0.39, 0.29) is 0 Å². The molecule has 1 aliphatic carbocycles. The van der Waals surface area contributed by atoms with Gasteiger partial charge in [0.25, 0.3) is 0 Å². The Balaban J connectivity index is 1.99. The molecule has 1 aromatic heterocycles. The molecule has 82 valence electrons. The van der Waals surface area contributed by atoms with Crippen molar-refractivity contribution >= 4 is 17.4 Å². The van der Waals surface area contributed by atoms with E-state index in [4.69, 9.17) is 11.6 Å². The Morgan fingerprint density at radius 1 is 1.33 bits per heavy atom. The fraction of sp³-hybridized carbons (Fsp3) is 0.636. The van der Waals surface area contributed by atoms with Crippen LogP contribution in [0.4, 0.5) is 5.82 Å². The molecule has 1 aromatic rings. The van der Waals surface area contributed by atoms with Gasteiger partial charge in [0.1, 0.15) is 0 Å².